The van der Waals surface area contributed by atoms with Gasteiger partial charge >= 0.3 is 11.9 Å². The molecule has 0 spiro atoms. The summed E-state index contributed by atoms with van der Waals surface area (Å²) in [6.45, 7) is 8.00. The molecule has 0 aliphatic heterocycles. The number of esters is 2. The number of aromatic nitrogens is 1. The number of hydrogen-bond donors (Lipinski definition) is 2. The van der Waals surface area contributed by atoms with Crippen LogP contribution < -0.4 is 5.32 Å². The number of amides is 1. The molecule has 1 heterocycles. The minimum atomic E-state index is -0.936. The molecule has 1 aromatic carbocycles. The summed E-state index contributed by atoms with van der Waals surface area (Å²) in [5.41, 5.74) is 2.74. The number of rotatable bonds is 8. The molecule has 160 valence electrons. The highest BCUT2D eigenvalue weighted by atomic mass is 16.5. The summed E-state index contributed by atoms with van der Waals surface area (Å²) in [5, 5.41) is 2.55. The van der Waals surface area contributed by atoms with E-state index in [0.717, 1.165) is 5.56 Å². The summed E-state index contributed by atoms with van der Waals surface area (Å²) in [6, 6.07) is 6.02. The van der Waals surface area contributed by atoms with E-state index in [9.17, 15) is 19.2 Å². The average Bonchev–Trinajstić information content (AvgIpc) is 3.00. The zero-order chi connectivity index (χ0) is 22.4. The summed E-state index contributed by atoms with van der Waals surface area (Å²) < 4.78 is 10.0. The van der Waals surface area contributed by atoms with Crippen molar-refractivity contribution in [2.75, 3.05) is 13.2 Å². The number of aryl methyl sites for hydroxylation is 2. The number of Topliss-reactive ketones (excluding diaryl/α,β-unsaturated/α-hetero) is 1. The Morgan fingerprint density at radius 2 is 1.80 bits per heavy atom. The van der Waals surface area contributed by atoms with Crippen molar-refractivity contribution >= 4 is 23.6 Å². The molecule has 0 aliphatic carbocycles. The first-order valence-electron chi connectivity index (χ1n) is 9.59. The van der Waals surface area contributed by atoms with Crippen LogP contribution in [0.4, 0.5) is 0 Å². The van der Waals surface area contributed by atoms with E-state index in [1.165, 1.54) is 6.92 Å². The van der Waals surface area contributed by atoms with Gasteiger partial charge in [0.1, 0.15) is 11.7 Å². The highest BCUT2D eigenvalue weighted by molar-refractivity contribution is 6.04. The summed E-state index contributed by atoms with van der Waals surface area (Å²) in [6.07, 6.45) is 0. The Labute approximate surface area is 175 Å². The molecule has 1 amide bonds. The molecule has 0 fully saturated rings. The predicted molar refractivity (Wildman–Crippen MR) is 110 cm³/mol. The molecule has 0 bridgehead atoms. The van der Waals surface area contributed by atoms with Gasteiger partial charge in [-0.3, -0.25) is 9.59 Å². The van der Waals surface area contributed by atoms with Gasteiger partial charge in [-0.15, -0.1) is 0 Å². The maximum Gasteiger partial charge on any atom is 0.355 e. The summed E-state index contributed by atoms with van der Waals surface area (Å²) in [5.74, 6) is -2.16. The topological polar surface area (TPSA) is 115 Å². The highest BCUT2D eigenvalue weighted by Gasteiger charge is 2.25. The summed E-state index contributed by atoms with van der Waals surface area (Å²) in [4.78, 5) is 51.8. The number of ether oxygens (including phenoxy) is 2. The molecule has 0 saturated heterocycles. The second-order valence-corrected chi connectivity index (χ2v) is 6.94. The molecular formula is C22H26N2O6. The molecular weight excluding hydrogens is 388 g/mol. The first-order valence-corrected chi connectivity index (χ1v) is 9.59. The third kappa shape index (κ3) is 5.34. The van der Waals surface area contributed by atoms with E-state index in [1.54, 1.807) is 39.0 Å². The summed E-state index contributed by atoms with van der Waals surface area (Å²) in [7, 11) is 0. The van der Waals surface area contributed by atoms with Crippen LogP contribution in [0.5, 0.6) is 0 Å². The Hall–Kier alpha value is -3.42. The molecule has 0 unspecified atom stereocenters. The number of benzene rings is 1. The van der Waals surface area contributed by atoms with E-state index in [2.05, 4.69) is 10.3 Å². The van der Waals surface area contributed by atoms with Crippen LogP contribution in [-0.2, 0) is 14.3 Å². The van der Waals surface area contributed by atoms with Crippen molar-refractivity contribution in [2.24, 2.45) is 0 Å². The second-order valence-electron chi connectivity index (χ2n) is 6.94. The molecule has 2 rings (SSSR count). The molecule has 0 aliphatic rings. The standard InChI is InChI=1S/C22H26N2O6/c1-6-29-22(28)19-13(3)18(14(4)23-19)17(25)11-30-21(27)15(5)24-20(26)16-9-7-8-12(2)10-16/h7-10,15,23H,6,11H2,1-5H3,(H,24,26)/t15-/m0/s1. The molecule has 0 saturated carbocycles. The smallest absolute Gasteiger partial charge is 0.355 e. The van der Waals surface area contributed by atoms with Crippen LogP contribution >= 0.6 is 0 Å². The Kier molecular flexibility index (Phi) is 7.52. The maximum absolute atomic E-state index is 12.6. The van der Waals surface area contributed by atoms with Gasteiger partial charge in [-0.05, 0) is 52.3 Å². The van der Waals surface area contributed by atoms with E-state index in [1.807, 2.05) is 13.0 Å². The number of carbonyl (C=O) groups is 4. The van der Waals surface area contributed by atoms with Crippen molar-refractivity contribution in [3.05, 3.63) is 57.9 Å². The van der Waals surface area contributed by atoms with Gasteiger partial charge < -0.3 is 19.8 Å². The fourth-order valence-corrected chi connectivity index (χ4v) is 3.03. The minimum absolute atomic E-state index is 0.197. The van der Waals surface area contributed by atoms with E-state index < -0.39 is 36.3 Å². The minimum Gasteiger partial charge on any atom is -0.461 e. The van der Waals surface area contributed by atoms with Crippen molar-refractivity contribution in [3.8, 4) is 0 Å². The lowest BCUT2D eigenvalue weighted by Gasteiger charge is -2.13. The van der Waals surface area contributed by atoms with Gasteiger partial charge in [0.2, 0.25) is 5.78 Å². The molecule has 0 radical (unpaired) electrons. The number of nitrogens with one attached hydrogen (secondary N) is 2. The number of carbonyl (C=O) groups excluding carboxylic acids is 4. The Balaban J connectivity index is 1.98. The first kappa shape index (κ1) is 22.9. The van der Waals surface area contributed by atoms with Gasteiger partial charge in [0.15, 0.2) is 6.61 Å². The lowest BCUT2D eigenvalue weighted by molar-refractivity contribution is -0.144. The SMILES string of the molecule is CCOC(=O)c1[nH]c(C)c(C(=O)COC(=O)[C@H](C)NC(=O)c2cccc(C)c2)c1C. The van der Waals surface area contributed by atoms with Gasteiger partial charge in [0.05, 0.1) is 6.61 Å². The van der Waals surface area contributed by atoms with Gasteiger partial charge in [-0.2, -0.15) is 0 Å². The quantitative estimate of drug-likeness (QED) is 0.507. The molecule has 8 nitrogen and oxygen atoms in total. The zero-order valence-electron chi connectivity index (χ0n) is 17.8. The maximum atomic E-state index is 12.6. The van der Waals surface area contributed by atoms with Gasteiger partial charge in [0, 0.05) is 16.8 Å². The second kappa shape index (κ2) is 9.87. The lowest BCUT2D eigenvalue weighted by Crippen LogP contribution is -2.40. The number of aromatic amines is 1. The third-order valence-electron chi connectivity index (χ3n) is 4.52. The molecule has 30 heavy (non-hydrogen) atoms. The van der Waals surface area contributed by atoms with Crippen LogP contribution in [0.15, 0.2) is 24.3 Å². The molecule has 8 heteroatoms. The van der Waals surface area contributed by atoms with E-state index in [4.69, 9.17) is 9.47 Å². The number of H-pyrrole nitrogens is 1. The van der Waals surface area contributed by atoms with Crippen molar-refractivity contribution in [2.45, 2.75) is 40.7 Å². The highest BCUT2D eigenvalue weighted by Crippen LogP contribution is 2.19. The van der Waals surface area contributed by atoms with Crippen molar-refractivity contribution < 1.29 is 28.7 Å². The first-order chi connectivity index (χ1) is 14.1. The number of hydrogen-bond acceptors (Lipinski definition) is 6. The van der Waals surface area contributed by atoms with Crippen molar-refractivity contribution in [1.29, 1.82) is 0 Å². The van der Waals surface area contributed by atoms with Crippen molar-refractivity contribution in [3.63, 3.8) is 0 Å². The fraction of sp³-hybridized carbons (Fsp3) is 0.364. The normalized spacial score (nSPS) is 11.5. The van der Waals surface area contributed by atoms with Gasteiger partial charge in [-0.25, -0.2) is 9.59 Å². The van der Waals surface area contributed by atoms with Gasteiger partial charge in [0.25, 0.3) is 5.91 Å². The molecule has 2 N–H and O–H groups in total. The summed E-state index contributed by atoms with van der Waals surface area (Å²) >= 11 is 0. The molecule has 1 aromatic heterocycles. The lowest BCUT2D eigenvalue weighted by atomic mass is 10.1. The van der Waals surface area contributed by atoms with Crippen LogP contribution in [0, 0.1) is 20.8 Å². The van der Waals surface area contributed by atoms with Crippen LogP contribution in [0.1, 0.15) is 61.9 Å². The van der Waals surface area contributed by atoms with E-state index in [0.29, 0.717) is 16.8 Å². The fourth-order valence-electron chi connectivity index (χ4n) is 3.03. The molecule has 1 atom stereocenters. The Morgan fingerprint density at radius 1 is 1.10 bits per heavy atom. The van der Waals surface area contributed by atoms with Crippen LogP contribution in [0.25, 0.3) is 0 Å². The zero-order valence-corrected chi connectivity index (χ0v) is 17.8. The van der Waals surface area contributed by atoms with E-state index >= 15 is 0 Å². The number of ketones is 1. The van der Waals surface area contributed by atoms with Crippen molar-refractivity contribution in [1.82, 2.24) is 10.3 Å². The average molecular weight is 414 g/mol. The predicted octanol–water partition coefficient (Wildman–Crippen LogP) is 2.66. The Morgan fingerprint density at radius 3 is 2.43 bits per heavy atom. The third-order valence-corrected chi connectivity index (χ3v) is 4.52. The van der Waals surface area contributed by atoms with Crippen LogP contribution in [0.2, 0.25) is 0 Å². The van der Waals surface area contributed by atoms with Crippen LogP contribution in [0.3, 0.4) is 0 Å². The van der Waals surface area contributed by atoms with E-state index in [-0.39, 0.29) is 17.9 Å². The van der Waals surface area contributed by atoms with Gasteiger partial charge in [-0.1, -0.05) is 17.7 Å². The molecule has 2 aromatic rings. The Bertz CT molecular complexity index is 976. The monoisotopic (exact) mass is 414 g/mol. The largest absolute Gasteiger partial charge is 0.461 e. The van der Waals surface area contributed by atoms with Crippen LogP contribution in [-0.4, -0.2) is 47.9 Å².